The fourth-order valence-corrected chi connectivity index (χ4v) is 8.72. The Hall–Kier alpha value is -5.63. The van der Waals surface area contributed by atoms with Crippen LogP contribution in [0.3, 0.4) is 0 Å². The van der Waals surface area contributed by atoms with Crippen LogP contribution < -0.4 is 20.3 Å². The molecule has 6 aromatic rings. The standard InChI is InChI=1S/C40H37ClF6N8O5S/c1-17(2)18(3)60-22-6-7-23-27(14-22)49-38(55(39(23)57)29-9-8-26(41)32-34(29)53(4)51-37(32)52-61(5,58)59)28(12-19-10-20(42)13-21(43)11-19)48-30(56)16-54-35-31(33(50-54)36(44)45)24-15-25(24)40(35,46)47/h6-11,13-14,17-18,24-25,28,36H,12,15-16H2,1-5H3,(H,48,56)(H,51,52)/t18-,24+,25-,28+/m1/s1. The zero-order valence-electron chi connectivity index (χ0n) is 33.0. The number of nitrogens with zero attached hydrogens (tertiary/aromatic N) is 6. The lowest BCUT2D eigenvalue weighted by atomic mass is 10.0. The van der Waals surface area contributed by atoms with Crippen LogP contribution in [0.15, 0.2) is 53.3 Å². The fraction of sp³-hybridized carbons (Fsp3) is 0.375. The van der Waals surface area contributed by atoms with E-state index in [0.29, 0.717) is 16.5 Å². The van der Waals surface area contributed by atoms with E-state index >= 15 is 8.78 Å². The van der Waals surface area contributed by atoms with Crippen molar-refractivity contribution in [1.29, 1.82) is 0 Å². The van der Waals surface area contributed by atoms with Gasteiger partial charge in [0.2, 0.25) is 15.9 Å². The van der Waals surface area contributed by atoms with E-state index in [1.807, 2.05) is 20.8 Å². The summed E-state index contributed by atoms with van der Waals surface area (Å²) in [6.07, 6.45) is -3.03. The molecule has 322 valence electrons. The lowest BCUT2D eigenvalue weighted by Crippen LogP contribution is -2.38. The first-order chi connectivity index (χ1) is 28.6. The van der Waals surface area contributed by atoms with Crippen molar-refractivity contribution in [1.82, 2.24) is 34.4 Å². The number of aryl methyl sites for hydroxylation is 1. The van der Waals surface area contributed by atoms with Crippen LogP contribution in [0.5, 0.6) is 5.75 Å². The molecule has 3 aromatic carbocycles. The molecule has 2 N–H and O–H groups in total. The number of halogens is 7. The van der Waals surface area contributed by atoms with Gasteiger partial charge in [-0.25, -0.2) is 31.0 Å². The highest BCUT2D eigenvalue weighted by Crippen LogP contribution is 2.68. The molecule has 0 radical (unpaired) electrons. The second-order valence-electron chi connectivity index (χ2n) is 15.8. The second-order valence-corrected chi connectivity index (χ2v) is 17.9. The third-order valence-electron chi connectivity index (χ3n) is 11.0. The maximum Gasteiger partial charge on any atom is 0.293 e. The van der Waals surface area contributed by atoms with Gasteiger partial charge in [-0.05, 0) is 67.1 Å². The van der Waals surface area contributed by atoms with E-state index < -0.39 is 87.7 Å². The van der Waals surface area contributed by atoms with Crippen LogP contribution in [-0.2, 0) is 40.8 Å². The maximum absolute atomic E-state index is 15.5. The number of fused-ring (bicyclic) bond motifs is 5. The minimum absolute atomic E-state index is 0.00137. The van der Waals surface area contributed by atoms with E-state index in [1.165, 1.54) is 36.0 Å². The van der Waals surface area contributed by atoms with Gasteiger partial charge in [-0.1, -0.05) is 25.4 Å². The smallest absolute Gasteiger partial charge is 0.293 e. The first kappa shape index (κ1) is 42.1. The Morgan fingerprint density at radius 3 is 2.41 bits per heavy atom. The van der Waals surface area contributed by atoms with Gasteiger partial charge in [0, 0.05) is 37.1 Å². The third kappa shape index (κ3) is 7.68. The Balaban J connectivity index is 1.34. The van der Waals surface area contributed by atoms with Gasteiger partial charge in [-0.15, -0.1) is 0 Å². The highest BCUT2D eigenvalue weighted by molar-refractivity contribution is 7.92. The molecule has 0 bridgehead atoms. The molecule has 1 amide bonds. The number of carbonyl (C=O) groups is 1. The van der Waals surface area contributed by atoms with Gasteiger partial charge in [-0.3, -0.25) is 28.2 Å². The van der Waals surface area contributed by atoms with Crippen LogP contribution in [-0.4, -0.2) is 55.8 Å². The third-order valence-corrected chi connectivity index (χ3v) is 11.9. The molecule has 2 aliphatic carbocycles. The summed E-state index contributed by atoms with van der Waals surface area (Å²) in [7, 11) is -2.45. The average Bonchev–Trinajstić information content (AvgIpc) is 3.69. The molecule has 0 aliphatic heterocycles. The predicted molar refractivity (Wildman–Crippen MR) is 213 cm³/mol. The van der Waals surface area contributed by atoms with Crippen LogP contribution in [0.2, 0.25) is 5.02 Å². The van der Waals surface area contributed by atoms with Gasteiger partial charge < -0.3 is 10.1 Å². The number of ether oxygens (including phenoxy) is 1. The zero-order chi connectivity index (χ0) is 44.0. The van der Waals surface area contributed by atoms with Crippen molar-refractivity contribution in [3.8, 4) is 11.4 Å². The number of aromatic nitrogens is 6. The highest BCUT2D eigenvalue weighted by atomic mass is 35.5. The number of rotatable bonds is 13. The number of anilines is 1. The van der Waals surface area contributed by atoms with Crippen LogP contribution in [0.25, 0.3) is 27.5 Å². The van der Waals surface area contributed by atoms with Crippen LogP contribution >= 0.6 is 11.6 Å². The molecule has 1 fully saturated rings. The molecule has 0 spiro atoms. The summed E-state index contributed by atoms with van der Waals surface area (Å²) in [6.45, 7) is 4.76. The molecule has 13 nitrogen and oxygen atoms in total. The van der Waals surface area contributed by atoms with Crippen molar-refractivity contribution in [2.45, 2.75) is 70.6 Å². The molecule has 0 unspecified atom stereocenters. The molecular weight excluding hydrogens is 854 g/mol. The Bertz CT molecular complexity index is 2930. The summed E-state index contributed by atoms with van der Waals surface area (Å²) in [5.74, 6) is -8.58. The maximum atomic E-state index is 15.5. The normalized spacial score (nSPS) is 17.8. The van der Waals surface area contributed by atoms with Crippen LogP contribution in [0.4, 0.5) is 32.2 Å². The number of sulfonamides is 1. The van der Waals surface area contributed by atoms with Crippen molar-refractivity contribution in [2.24, 2.45) is 18.9 Å². The van der Waals surface area contributed by atoms with Gasteiger partial charge in [0.1, 0.15) is 41.1 Å². The Morgan fingerprint density at radius 1 is 1.05 bits per heavy atom. The number of hydrogen-bond donors (Lipinski definition) is 2. The van der Waals surface area contributed by atoms with E-state index in [9.17, 15) is 35.6 Å². The lowest BCUT2D eigenvalue weighted by Gasteiger charge is -2.24. The molecule has 4 atom stereocenters. The number of amides is 1. The van der Waals surface area contributed by atoms with E-state index in [-0.39, 0.29) is 73.7 Å². The molecule has 2 aliphatic rings. The van der Waals surface area contributed by atoms with Crippen molar-refractivity contribution in [2.75, 3.05) is 11.0 Å². The monoisotopic (exact) mass is 890 g/mol. The number of alkyl halides is 4. The molecule has 3 heterocycles. The topological polar surface area (TPSA) is 155 Å². The van der Waals surface area contributed by atoms with Gasteiger partial charge in [0.15, 0.2) is 5.82 Å². The summed E-state index contributed by atoms with van der Waals surface area (Å²) < 4.78 is 125. The molecule has 1 saturated carbocycles. The Labute approximate surface area is 348 Å². The number of carbonyl (C=O) groups excluding carboxylic acids is 1. The van der Waals surface area contributed by atoms with E-state index in [0.717, 1.165) is 23.0 Å². The Morgan fingerprint density at radius 2 is 1.75 bits per heavy atom. The molecule has 3 aromatic heterocycles. The van der Waals surface area contributed by atoms with Crippen LogP contribution in [0, 0.1) is 23.5 Å². The first-order valence-electron chi connectivity index (χ1n) is 19.0. The Kier molecular flexibility index (Phi) is 10.4. The van der Waals surface area contributed by atoms with Crippen molar-refractivity contribution < 1.29 is 44.3 Å². The average molecular weight is 891 g/mol. The first-order valence-corrected chi connectivity index (χ1v) is 21.3. The largest absolute Gasteiger partial charge is 0.490 e. The van der Waals surface area contributed by atoms with Crippen molar-refractivity contribution >= 4 is 55.2 Å². The molecule has 61 heavy (non-hydrogen) atoms. The highest BCUT2D eigenvalue weighted by Gasteiger charge is 2.67. The van der Waals surface area contributed by atoms with Gasteiger partial charge >= 0.3 is 0 Å². The van der Waals surface area contributed by atoms with Crippen molar-refractivity contribution in [3.63, 3.8) is 0 Å². The predicted octanol–water partition coefficient (Wildman–Crippen LogP) is 7.44. The quantitative estimate of drug-likeness (QED) is 0.114. The number of benzene rings is 3. The molecular formula is C40H37ClF6N8O5S. The molecule has 8 rings (SSSR count). The number of nitrogens with one attached hydrogen (secondary N) is 2. The SMILES string of the molecule is CC(C)[C@@H](C)Oc1ccc2c(=O)n(-c3ccc(Cl)c4c(NS(C)(=O)=O)nn(C)c34)c([C@H](Cc3cc(F)cc(F)c3)NC(=O)Cn3nc(C(F)F)c4c3C(F)(F)[C@@H]3C[C@H]43)nc2c1. The minimum Gasteiger partial charge on any atom is -0.490 e. The minimum atomic E-state index is -3.90. The van der Waals surface area contributed by atoms with E-state index in [4.69, 9.17) is 21.3 Å². The lowest BCUT2D eigenvalue weighted by molar-refractivity contribution is -0.123. The van der Waals surface area contributed by atoms with Crippen LogP contribution in [0.1, 0.15) is 73.9 Å². The van der Waals surface area contributed by atoms with Gasteiger partial charge in [0.25, 0.3) is 17.9 Å². The second kappa shape index (κ2) is 15.1. The summed E-state index contributed by atoms with van der Waals surface area (Å²) in [5, 5.41) is 10.9. The molecule has 21 heteroatoms. The fourth-order valence-electron chi connectivity index (χ4n) is 7.98. The van der Waals surface area contributed by atoms with Crippen molar-refractivity contribution in [3.05, 3.63) is 104 Å². The van der Waals surface area contributed by atoms with E-state index in [2.05, 4.69) is 20.2 Å². The van der Waals surface area contributed by atoms with E-state index in [1.54, 1.807) is 6.07 Å². The summed E-state index contributed by atoms with van der Waals surface area (Å²) >= 11 is 6.62. The summed E-state index contributed by atoms with van der Waals surface area (Å²) in [6, 6.07) is 8.40. The summed E-state index contributed by atoms with van der Waals surface area (Å²) in [5.41, 5.74) is -2.48. The van der Waals surface area contributed by atoms with Gasteiger partial charge in [-0.2, -0.15) is 19.0 Å². The zero-order valence-corrected chi connectivity index (χ0v) is 34.6. The summed E-state index contributed by atoms with van der Waals surface area (Å²) in [4.78, 5) is 33.9. The molecule has 0 saturated heterocycles. The van der Waals surface area contributed by atoms with Gasteiger partial charge in [0.05, 0.1) is 50.9 Å². The number of hydrogen-bond acceptors (Lipinski definition) is 8.